The van der Waals surface area contributed by atoms with Crippen molar-refractivity contribution >= 4 is 18.3 Å². The number of rotatable bonds is 4. The number of benzene rings is 2. The number of sulfonamides is 1. The van der Waals surface area contributed by atoms with Crippen LogP contribution in [0.1, 0.15) is 49.1 Å². The molecule has 0 unspecified atom stereocenters. The number of phenols is 1. The van der Waals surface area contributed by atoms with Crippen LogP contribution in [0.2, 0.25) is 18.1 Å². The summed E-state index contributed by atoms with van der Waals surface area (Å²) in [4.78, 5) is 0.259. The fraction of sp³-hybridized carbons (Fsp3) is 0.478. The van der Waals surface area contributed by atoms with Crippen molar-refractivity contribution in [3.63, 3.8) is 0 Å². The highest BCUT2D eigenvalue weighted by atomic mass is 32.2. The maximum absolute atomic E-state index is 13.4. The van der Waals surface area contributed by atoms with Crippen LogP contribution in [-0.2, 0) is 21.0 Å². The molecule has 0 amide bonds. The van der Waals surface area contributed by atoms with Gasteiger partial charge in [0.1, 0.15) is 5.75 Å². The second-order valence-electron chi connectivity index (χ2n) is 9.78. The predicted octanol–water partition coefficient (Wildman–Crippen LogP) is 5.28. The number of hydrogen-bond donors (Lipinski definition) is 1. The van der Waals surface area contributed by atoms with Gasteiger partial charge in [-0.3, -0.25) is 0 Å². The summed E-state index contributed by atoms with van der Waals surface area (Å²) in [5, 5.41) is 10.7. The molecule has 1 aliphatic heterocycles. The van der Waals surface area contributed by atoms with Crippen molar-refractivity contribution in [2.45, 2.75) is 70.3 Å². The molecule has 0 saturated carbocycles. The molecular formula is C23H33NO4SSi. The first kappa shape index (κ1) is 23.0. The van der Waals surface area contributed by atoms with E-state index >= 15 is 0 Å². The zero-order valence-corrected chi connectivity index (χ0v) is 20.8. The maximum atomic E-state index is 13.4. The Kier molecular flexibility index (Phi) is 5.97. The quantitative estimate of drug-likeness (QED) is 0.648. The monoisotopic (exact) mass is 447 g/mol. The van der Waals surface area contributed by atoms with Crippen molar-refractivity contribution < 1.29 is 18.0 Å². The minimum atomic E-state index is -3.72. The molecule has 0 bridgehead atoms. The number of aryl methyl sites for hydroxylation is 2. The van der Waals surface area contributed by atoms with Crippen LogP contribution in [0, 0.1) is 13.8 Å². The van der Waals surface area contributed by atoms with Crippen LogP contribution < -0.4 is 0 Å². The molecule has 0 aromatic heterocycles. The van der Waals surface area contributed by atoms with Crippen LogP contribution in [0.5, 0.6) is 5.75 Å². The summed E-state index contributed by atoms with van der Waals surface area (Å²) in [7, 11) is -5.89. The van der Waals surface area contributed by atoms with Gasteiger partial charge in [-0.1, -0.05) is 50.6 Å². The molecule has 0 radical (unpaired) electrons. The van der Waals surface area contributed by atoms with Crippen molar-refractivity contribution in [1.82, 2.24) is 4.31 Å². The molecule has 1 atom stereocenters. The van der Waals surface area contributed by atoms with Gasteiger partial charge in [0, 0.05) is 18.7 Å². The molecule has 2 aromatic carbocycles. The highest BCUT2D eigenvalue weighted by molar-refractivity contribution is 7.89. The van der Waals surface area contributed by atoms with Gasteiger partial charge in [-0.05, 0) is 55.2 Å². The summed E-state index contributed by atoms with van der Waals surface area (Å²) in [6, 6.07) is 10.7. The Bertz CT molecular complexity index is 1040. The van der Waals surface area contributed by atoms with Gasteiger partial charge in [0.05, 0.1) is 11.0 Å². The summed E-state index contributed by atoms with van der Waals surface area (Å²) in [5.41, 5.74) is 3.26. The molecule has 30 heavy (non-hydrogen) atoms. The van der Waals surface area contributed by atoms with E-state index in [1.807, 2.05) is 26.0 Å². The van der Waals surface area contributed by atoms with E-state index in [0.29, 0.717) is 5.56 Å². The Balaban J connectivity index is 2.07. The van der Waals surface area contributed by atoms with Gasteiger partial charge in [0.15, 0.2) is 8.32 Å². The van der Waals surface area contributed by atoms with Crippen LogP contribution >= 0.6 is 0 Å². The van der Waals surface area contributed by atoms with E-state index in [2.05, 4.69) is 33.9 Å². The minimum Gasteiger partial charge on any atom is -0.507 e. The number of hydrogen-bond acceptors (Lipinski definition) is 4. The molecule has 1 N–H and O–H groups in total. The molecule has 0 spiro atoms. The molecule has 0 saturated heterocycles. The second kappa shape index (κ2) is 7.78. The highest BCUT2D eigenvalue weighted by Crippen LogP contribution is 2.44. The zero-order valence-electron chi connectivity index (χ0n) is 19.0. The number of aromatic hydroxyl groups is 1. The Hall–Kier alpha value is -1.67. The fourth-order valence-corrected chi connectivity index (χ4v) is 6.11. The average molecular weight is 448 g/mol. The number of fused-ring (bicyclic) bond motifs is 1. The number of phenolic OH excluding ortho intramolecular Hbond substituents is 1. The molecule has 164 valence electrons. The van der Waals surface area contributed by atoms with E-state index in [1.54, 1.807) is 24.3 Å². The molecule has 3 rings (SSSR count). The highest BCUT2D eigenvalue weighted by Gasteiger charge is 2.43. The van der Waals surface area contributed by atoms with Gasteiger partial charge in [0.2, 0.25) is 10.0 Å². The molecule has 0 aliphatic carbocycles. The summed E-state index contributed by atoms with van der Waals surface area (Å²) in [6.45, 7) is 14.9. The third-order valence-corrected chi connectivity index (χ3v) is 12.8. The van der Waals surface area contributed by atoms with Crippen molar-refractivity contribution in [2.75, 3.05) is 6.54 Å². The van der Waals surface area contributed by atoms with Crippen molar-refractivity contribution in [3.8, 4) is 5.75 Å². The van der Waals surface area contributed by atoms with Gasteiger partial charge >= 0.3 is 0 Å². The lowest BCUT2D eigenvalue weighted by Crippen LogP contribution is -2.46. The van der Waals surface area contributed by atoms with Crippen molar-refractivity contribution in [3.05, 3.63) is 58.7 Å². The summed E-state index contributed by atoms with van der Waals surface area (Å²) < 4.78 is 34.9. The Morgan fingerprint density at radius 3 is 2.23 bits per heavy atom. The lowest BCUT2D eigenvalue weighted by atomic mass is 9.95. The molecule has 5 nitrogen and oxygen atoms in total. The molecule has 2 aromatic rings. The van der Waals surface area contributed by atoms with Gasteiger partial charge in [-0.25, -0.2) is 8.42 Å². The normalized spacial score (nSPS) is 18.3. The second-order valence-corrected chi connectivity index (χ2v) is 16.5. The lowest BCUT2D eigenvalue weighted by Gasteiger charge is -2.43. The molecule has 1 aliphatic rings. The average Bonchev–Trinajstić information content (AvgIpc) is 2.64. The van der Waals surface area contributed by atoms with Crippen molar-refractivity contribution in [1.29, 1.82) is 0 Å². The van der Waals surface area contributed by atoms with E-state index in [0.717, 1.165) is 16.7 Å². The van der Waals surface area contributed by atoms with E-state index in [-0.39, 0.29) is 28.8 Å². The maximum Gasteiger partial charge on any atom is 0.243 e. The van der Waals surface area contributed by atoms with Gasteiger partial charge in [-0.15, -0.1) is 0 Å². The van der Waals surface area contributed by atoms with Crippen LogP contribution in [0.4, 0.5) is 0 Å². The molecular weight excluding hydrogens is 414 g/mol. The summed E-state index contributed by atoms with van der Waals surface area (Å²) >= 11 is 0. The first-order chi connectivity index (χ1) is 13.7. The van der Waals surface area contributed by atoms with E-state index < -0.39 is 24.4 Å². The standard InChI is InChI=1S/C23H33NO4SSi/c1-16-8-11-18(12-9-16)29(26,27)24-14-20-19(13-10-17(2)22(20)25)21(15-24)28-30(6,7)23(3,4)5/h8-13,21,25H,14-15H2,1-7H3/t21-/m0/s1. The smallest absolute Gasteiger partial charge is 0.243 e. The molecule has 1 heterocycles. The van der Waals surface area contributed by atoms with E-state index in [9.17, 15) is 13.5 Å². The molecule has 7 heteroatoms. The lowest BCUT2D eigenvalue weighted by molar-refractivity contribution is 0.137. The Labute approximate surface area is 181 Å². The number of nitrogens with zero attached hydrogens (tertiary/aromatic N) is 1. The van der Waals surface area contributed by atoms with Gasteiger partial charge < -0.3 is 9.53 Å². The van der Waals surface area contributed by atoms with Gasteiger partial charge in [-0.2, -0.15) is 4.31 Å². The summed E-state index contributed by atoms with van der Waals surface area (Å²) in [5.74, 6) is 0.153. The van der Waals surface area contributed by atoms with Crippen LogP contribution in [0.3, 0.4) is 0 Å². The Morgan fingerprint density at radius 2 is 1.67 bits per heavy atom. The third-order valence-electron chi connectivity index (χ3n) is 6.47. The van der Waals surface area contributed by atoms with Crippen LogP contribution in [0.25, 0.3) is 0 Å². The SMILES string of the molecule is Cc1ccc(S(=O)(=O)N2Cc3c(ccc(C)c3O)[C@@H](O[Si](C)(C)C(C)(C)C)C2)cc1. The Morgan fingerprint density at radius 1 is 1.07 bits per heavy atom. The molecule has 0 fully saturated rings. The largest absolute Gasteiger partial charge is 0.507 e. The first-order valence-corrected chi connectivity index (χ1v) is 14.6. The fourth-order valence-electron chi connectivity index (χ4n) is 3.44. The van der Waals surface area contributed by atoms with Crippen LogP contribution in [-0.4, -0.2) is 32.7 Å². The van der Waals surface area contributed by atoms with Crippen molar-refractivity contribution in [2.24, 2.45) is 0 Å². The van der Waals surface area contributed by atoms with E-state index in [4.69, 9.17) is 4.43 Å². The predicted molar refractivity (Wildman–Crippen MR) is 123 cm³/mol. The summed E-state index contributed by atoms with van der Waals surface area (Å²) in [6.07, 6.45) is -0.415. The zero-order chi connectivity index (χ0) is 22.5. The first-order valence-electron chi connectivity index (χ1n) is 10.3. The van der Waals surface area contributed by atoms with Crippen LogP contribution in [0.15, 0.2) is 41.3 Å². The third kappa shape index (κ3) is 4.21. The minimum absolute atomic E-state index is 0.0159. The topological polar surface area (TPSA) is 66.8 Å². The van der Waals surface area contributed by atoms with Gasteiger partial charge in [0.25, 0.3) is 0 Å². The van der Waals surface area contributed by atoms with E-state index in [1.165, 1.54) is 4.31 Å².